The van der Waals surface area contributed by atoms with E-state index in [9.17, 15) is 0 Å². The molecule has 0 saturated heterocycles. The molecule has 0 radical (unpaired) electrons. The fourth-order valence-corrected chi connectivity index (χ4v) is 1.60. The average Bonchev–Trinajstić information content (AvgIpc) is 2.28. The highest BCUT2D eigenvalue weighted by molar-refractivity contribution is 5.55. The van der Waals surface area contributed by atoms with Crippen LogP contribution in [0, 0.1) is 0 Å². The third-order valence-corrected chi connectivity index (χ3v) is 2.62. The van der Waals surface area contributed by atoms with Crippen molar-refractivity contribution in [3.8, 4) is 17.2 Å². The first kappa shape index (κ1) is 13.7. The molecular weight excluding hydrogens is 216 g/mol. The Morgan fingerprint density at radius 3 is 1.76 bits per heavy atom. The van der Waals surface area contributed by atoms with Gasteiger partial charge < -0.3 is 14.2 Å². The van der Waals surface area contributed by atoms with Gasteiger partial charge in [-0.25, -0.2) is 0 Å². The highest BCUT2D eigenvalue weighted by Crippen LogP contribution is 2.41. The molecule has 0 fully saturated rings. The van der Waals surface area contributed by atoms with Crippen LogP contribution in [0.2, 0.25) is 0 Å². The van der Waals surface area contributed by atoms with Crippen molar-refractivity contribution in [3.05, 3.63) is 17.7 Å². The van der Waals surface area contributed by atoms with Gasteiger partial charge in [0.1, 0.15) is 0 Å². The van der Waals surface area contributed by atoms with E-state index in [-0.39, 0.29) is 5.41 Å². The van der Waals surface area contributed by atoms with Gasteiger partial charge in [0, 0.05) is 0 Å². The lowest BCUT2D eigenvalue weighted by molar-refractivity contribution is 0.287. The van der Waals surface area contributed by atoms with E-state index in [2.05, 4.69) is 20.8 Å². The average molecular weight is 238 g/mol. The molecule has 96 valence electrons. The fraction of sp³-hybridized carbons (Fsp3) is 0.571. The van der Waals surface area contributed by atoms with E-state index in [1.165, 1.54) is 0 Å². The molecule has 0 atom stereocenters. The molecule has 0 saturated carbocycles. The topological polar surface area (TPSA) is 27.7 Å². The second kappa shape index (κ2) is 5.30. The van der Waals surface area contributed by atoms with Crippen molar-refractivity contribution in [2.75, 3.05) is 20.8 Å². The Hall–Kier alpha value is -1.38. The predicted molar refractivity (Wildman–Crippen MR) is 69.4 cm³/mol. The Labute approximate surface area is 104 Å². The van der Waals surface area contributed by atoms with Crippen molar-refractivity contribution in [1.29, 1.82) is 0 Å². The highest BCUT2D eigenvalue weighted by atomic mass is 16.5. The lowest BCUT2D eigenvalue weighted by atomic mass is 9.86. The molecule has 0 N–H and O–H groups in total. The maximum atomic E-state index is 5.57. The van der Waals surface area contributed by atoms with Crippen molar-refractivity contribution in [2.45, 2.75) is 33.1 Å². The number of methoxy groups -OCH3 is 2. The summed E-state index contributed by atoms with van der Waals surface area (Å²) in [5.74, 6) is 2.11. The molecule has 0 unspecified atom stereocenters. The third kappa shape index (κ3) is 3.05. The summed E-state index contributed by atoms with van der Waals surface area (Å²) < 4.78 is 16.3. The quantitative estimate of drug-likeness (QED) is 0.804. The number of benzene rings is 1. The van der Waals surface area contributed by atoms with Crippen LogP contribution in [-0.2, 0) is 5.41 Å². The SMILES string of the molecule is CCOc1c(OC)cc(C(C)(C)C)cc1OC. The summed E-state index contributed by atoms with van der Waals surface area (Å²) in [5, 5.41) is 0. The van der Waals surface area contributed by atoms with Crippen LogP contribution >= 0.6 is 0 Å². The van der Waals surface area contributed by atoms with E-state index >= 15 is 0 Å². The summed E-state index contributed by atoms with van der Waals surface area (Å²) in [5.41, 5.74) is 1.21. The highest BCUT2D eigenvalue weighted by Gasteiger charge is 2.20. The van der Waals surface area contributed by atoms with E-state index in [1.54, 1.807) is 14.2 Å². The third-order valence-electron chi connectivity index (χ3n) is 2.62. The van der Waals surface area contributed by atoms with E-state index in [4.69, 9.17) is 14.2 Å². The molecular formula is C14H22O3. The Morgan fingerprint density at radius 1 is 1.00 bits per heavy atom. The summed E-state index contributed by atoms with van der Waals surface area (Å²) in [6, 6.07) is 4.01. The lowest BCUT2D eigenvalue weighted by Gasteiger charge is -2.22. The van der Waals surface area contributed by atoms with Gasteiger partial charge in [0.05, 0.1) is 20.8 Å². The first-order valence-electron chi connectivity index (χ1n) is 5.83. The largest absolute Gasteiger partial charge is 0.493 e. The minimum absolute atomic E-state index is 0.0469. The van der Waals surface area contributed by atoms with Crippen LogP contribution in [-0.4, -0.2) is 20.8 Å². The van der Waals surface area contributed by atoms with Crippen LogP contribution in [0.3, 0.4) is 0 Å². The normalized spacial score (nSPS) is 11.2. The van der Waals surface area contributed by atoms with Gasteiger partial charge in [0.2, 0.25) is 5.75 Å². The first-order valence-corrected chi connectivity index (χ1v) is 5.83. The van der Waals surface area contributed by atoms with Gasteiger partial charge in [-0.3, -0.25) is 0 Å². The second-order valence-corrected chi connectivity index (χ2v) is 4.89. The van der Waals surface area contributed by atoms with Crippen molar-refractivity contribution in [1.82, 2.24) is 0 Å². The predicted octanol–water partition coefficient (Wildman–Crippen LogP) is 3.40. The molecule has 3 heteroatoms. The summed E-state index contributed by atoms with van der Waals surface area (Å²) in [4.78, 5) is 0. The van der Waals surface area contributed by atoms with Gasteiger partial charge in [0.25, 0.3) is 0 Å². The van der Waals surface area contributed by atoms with Gasteiger partial charge in [-0.15, -0.1) is 0 Å². The first-order chi connectivity index (χ1) is 7.93. The minimum atomic E-state index is 0.0469. The maximum absolute atomic E-state index is 5.57. The van der Waals surface area contributed by atoms with Gasteiger partial charge in [-0.1, -0.05) is 20.8 Å². The zero-order chi connectivity index (χ0) is 13.1. The number of hydrogen-bond donors (Lipinski definition) is 0. The fourth-order valence-electron chi connectivity index (χ4n) is 1.60. The zero-order valence-corrected chi connectivity index (χ0v) is 11.6. The minimum Gasteiger partial charge on any atom is -0.493 e. The molecule has 0 bridgehead atoms. The monoisotopic (exact) mass is 238 g/mol. The Kier molecular flexibility index (Phi) is 4.27. The van der Waals surface area contributed by atoms with E-state index in [0.29, 0.717) is 12.4 Å². The van der Waals surface area contributed by atoms with Crippen LogP contribution in [0.25, 0.3) is 0 Å². The van der Waals surface area contributed by atoms with Gasteiger partial charge >= 0.3 is 0 Å². The van der Waals surface area contributed by atoms with E-state index in [0.717, 1.165) is 17.1 Å². The van der Waals surface area contributed by atoms with Crippen LogP contribution in [0.15, 0.2) is 12.1 Å². The van der Waals surface area contributed by atoms with Gasteiger partial charge in [-0.05, 0) is 30.0 Å². The molecule has 1 aromatic rings. The van der Waals surface area contributed by atoms with E-state index < -0.39 is 0 Å². The molecule has 0 heterocycles. The van der Waals surface area contributed by atoms with Crippen LogP contribution < -0.4 is 14.2 Å². The van der Waals surface area contributed by atoms with Crippen LogP contribution in [0.4, 0.5) is 0 Å². The molecule has 0 amide bonds. The Morgan fingerprint density at radius 2 is 1.47 bits per heavy atom. The van der Waals surface area contributed by atoms with Crippen molar-refractivity contribution >= 4 is 0 Å². The lowest BCUT2D eigenvalue weighted by Crippen LogP contribution is -2.12. The Balaban J connectivity index is 3.33. The second-order valence-electron chi connectivity index (χ2n) is 4.89. The number of rotatable bonds is 4. The summed E-state index contributed by atoms with van der Waals surface area (Å²) in [7, 11) is 3.29. The van der Waals surface area contributed by atoms with Crippen LogP contribution in [0.5, 0.6) is 17.2 Å². The van der Waals surface area contributed by atoms with E-state index in [1.807, 2.05) is 19.1 Å². The maximum Gasteiger partial charge on any atom is 0.203 e. The standard InChI is InChI=1S/C14H22O3/c1-7-17-13-11(15-5)8-10(14(2,3)4)9-12(13)16-6/h8-9H,7H2,1-6H3. The molecule has 0 aliphatic heterocycles. The Bertz CT molecular complexity index is 353. The molecule has 0 aromatic heterocycles. The molecule has 0 spiro atoms. The van der Waals surface area contributed by atoms with Gasteiger partial charge in [0.15, 0.2) is 11.5 Å². The molecule has 1 rings (SSSR count). The number of ether oxygens (including phenoxy) is 3. The molecule has 0 aliphatic carbocycles. The summed E-state index contributed by atoms with van der Waals surface area (Å²) in [6.07, 6.45) is 0. The van der Waals surface area contributed by atoms with Crippen molar-refractivity contribution in [3.63, 3.8) is 0 Å². The summed E-state index contributed by atoms with van der Waals surface area (Å²) >= 11 is 0. The van der Waals surface area contributed by atoms with Crippen molar-refractivity contribution in [2.24, 2.45) is 0 Å². The molecule has 3 nitrogen and oxygen atoms in total. The van der Waals surface area contributed by atoms with Crippen molar-refractivity contribution < 1.29 is 14.2 Å². The van der Waals surface area contributed by atoms with Gasteiger partial charge in [-0.2, -0.15) is 0 Å². The van der Waals surface area contributed by atoms with Crippen LogP contribution in [0.1, 0.15) is 33.3 Å². The molecule has 1 aromatic carbocycles. The summed E-state index contributed by atoms with van der Waals surface area (Å²) in [6.45, 7) is 8.99. The molecule has 17 heavy (non-hydrogen) atoms. The number of hydrogen-bond acceptors (Lipinski definition) is 3. The smallest absolute Gasteiger partial charge is 0.203 e. The molecule has 0 aliphatic rings. The zero-order valence-electron chi connectivity index (χ0n) is 11.6.